The van der Waals surface area contributed by atoms with Crippen LogP contribution in [0.2, 0.25) is 0 Å². The highest BCUT2D eigenvalue weighted by Gasteiger charge is 2.26. The number of aliphatic hydroxyl groups excluding tert-OH is 1. The van der Waals surface area contributed by atoms with Crippen molar-refractivity contribution >= 4 is 0 Å². The standard InChI is InChI=1S/C20H33NO2/c1-3-4-5-6-9-14-23-20-11-8-7-10-17(20)15-18-16-21(2)13-12-19(18)22/h7-8,10-11,18-19,22H,3-6,9,12-16H2,1-2H3. The number of unbranched alkanes of at least 4 members (excludes halogenated alkanes) is 4. The van der Waals surface area contributed by atoms with Gasteiger partial charge in [-0.2, -0.15) is 0 Å². The molecule has 3 nitrogen and oxygen atoms in total. The van der Waals surface area contributed by atoms with Gasteiger partial charge < -0.3 is 14.7 Å². The summed E-state index contributed by atoms with van der Waals surface area (Å²) in [5.74, 6) is 1.31. The average molecular weight is 319 g/mol. The first-order chi connectivity index (χ1) is 11.2. The molecule has 0 saturated carbocycles. The van der Waals surface area contributed by atoms with Gasteiger partial charge in [0.05, 0.1) is 12.7 Å². The van der Waals surface area contributed by atoms with Gasteiger partial charge in [-0.1, -0.05) is 50.8 Å². The molecule has 1 N–H and O–H groups in total. The molecule has 1 aliphatic heterocycles. The first-order valence-corrected chi connectivity index (χ1v) is 9.28. The van der Waals surface area contributed by atoms with Crippen molar-refractivity contribution in [2.24, 2.45) is 5.92 Å². The Bertz CT molecular complexity index is 449. The number of aliphatic hydroxyl groups is 1. The molecule has 0 amide bonds. The number of nitrogens with zero attached hydrogens (tertiary/aromatic N) is 1. The zero-order chi connectivity index (χ0) is 16.5. The largest absolute Gasteiger partial charge is 0.493 e. The maximum atomic E-state index is 10.3. The molecule has 1 fully saturated rings. The van der Waals surface area contributed by atoms with Crippen LogP contribution < -0.4 is 4.74 Å². The van der Waals surface area contributed by atoms with Crippen molar-refractivity contribution < 1.29 is 9.84 Å². The van der Waals surface area contributed by atoms with Crippen molar-refractivity contribution in [2.75, 3.05) is 26.7 Å². The van der Waals surface area contributed by atoms with Crippen LogP contribution in [0.5, 0.6) is 5.75 Å². The maximum Gasteiger partial charge on any atom is 0.122 e. The number of piperidine rings is 1. The van der Waals surface area contributed by atoms with Gasteiger partial charge in [0.15, 0.2) is 0 Å². The lowest BCUT2D eigenvalue weighted by molar-refractivity contribution is 0.0363. The summed E-state index contributed by atoms with van der Waals surface area (Å²) < 4.78 is 6.03. The number of para-hydroxylation sites is 1. The lowest BCUT2D eigenvalue weighted by Crippen LogP contribution is -2.42. The summed E-state index contributed by atoms with van der Waals surface area (Å²) >= 11 is 0. The average Bonchev–Trinajstić information content (AvgIpc) is 2.55. The van der Waals surface area contributed by atoms with Crippen molar-refractivity contribution in [3.05, 3.63) is 29.8 Å². The van der Waals surface area contributed by atoms with Gasteiger partial charge in [-0.25, -0.2) is 0 Å². The van der Waals surface area contributed by atoms with Gasteiger partial charge in [0, 0.05) is 19.0 Å². The number of ether oxygens (including phenoxy) is 1. The molecule has 2 rings (SSSR count). The Morgan fingerprint density at radius 1 is 1.17 bits per heavy atom. The van der Waals surface area contributed by atoms with Gasteiger partial charge in [-0.05, 0) is 37.9 Å². The summed E-state index contributed by atoms with van der Waals surface area (Å²) in [6, 6.07) is 8.33. The second kappa shape index (κ2) is 9.94. The minimum atomic E-state index is -0.187. The number of rotatable bonds is 9. The summed E-state index contributed by atoms with van der Waals surface area (Å²) in [6.07, 6.45) is 7.88. The Kier molecular flexibility index (Phi) is 7.90. The molecule has 2 unspecified atom stereocenters. The number of benzene rings is 1. The van der Waals surface area contributed by atoms with Crippen LogP contribution in [0.25, 0.3) is 0 Å². The SMILES string of the molecule is CCCCCCCOc1ccccc1CC1CN(C)CCC1O. The molecule has 1 aromatic carbocycles. The minimum Gasteiger partial charge on any atom is -0.493 e. The van der Waals surface area contributed by atoms with Crippen LogP contribution in [-0.4, -0.2) is 42.9 Å². The molecule has 3 heteroatoms. The van der Waals surface area contributed by atoms with Gasteiger partial charge in [-0.3, -0.25) is 0 Å². The molecule has 2 atom stereocenters. The van der Waals surface area contributed by atoms with E-state index in [0.29, 0.717) is 5.92 Å². The highest BCUT2D eigenvalue weighted by molar-refractivity contribution is 5.33. The highest BCUT2D eigenvalue weighted by atomic mass is 16.5. The molecule has 0 spiro atoms. The number of hydrogen-bond acceptors (Lipinski definition) is 3. The Morgan fingerprint density at radius 3 is 2.78 bits per heavy atom. The van der Waals surface area contributed by atoms with Crippen molar-refractivity contribution in [1.29, 1.82) is 0 Å². The summed E-state index contributed by atoms with van der Waals surface area (Å²) in [7, 11) is 2.14. The lowest BCUT2D eigenvalue weighted by atomic mass is 9.88. The Labute approximate surface area is 141 Å². The summed E-state index contributed by atoms with van der Waals surface area (Å²) in [5.41, 5.74) is 1.24. The molecule has 0 radical (unpaired) electrons. The zero-order valence-corrected chi connectivity index (χ0v) is 14.8. The third kappa shape index (κ3) is 6.15. The molecule has 1 aromatic rings. The van der Waals surface area contributed by atoms with Gasteiger partial charge in [0.1, 0.15) is 5.75 Å². The molecule has 1 saturated heterocycles. The van der Waals surface area contributed by atoms with Crippen molar-refractivity contribution in [2.45, 2.75) is 58.0 Å². The van der Waals surface area contributed by atoms with Crippen LogP contribution in [0.4, 0.5) is 0 Å². The molecule has 0 aromatic heterocycles. The Balaban J connectivity index is 1.84. The van der Waals surface area contributed by atoms with Gasteiger partial charge >= 0.3 is 0 Å². The molecule has 0 aliphatic carbocycles. The first-order valence-electron chi connectivity index (χ1n) is 9.28. The van der Waals surface area contributed by atoms with E-state index in [0.717, 1.165) is 44.7 Å². The molecule has 1 aliphatic rings. The fraction of sp³-hybridized carbons (Fsp3) is 0.700. The zero-order valence-electron chi connectivity index (χ0n) is 14.8. The van der Waals surface area contributed by atoms with Crippen molar-refractivity contribution in [3.63, 3.8) is 0 Å². The van der Waals surface area contributed by atoms with E-state index in [1.54, 1.807) is 0 Å². The molecule has 1 heterocycles. The van der Waals surface area contributed by atoms with Gasteiger partial charge in [0.25, 0.3) is 0 Å². The summed E-state index contributed by atoms with van der Waals surface area (Å²) in [5, 5.41) is 10.3. The Morgan fingerprint density at radius 2 is 1.96 bits per heavy atom. The summed E-state index contributed by atoms with van der Waals surface area (Å²) in [6.45, 7) is 5.00. The van der Waals surface area contributed by atoms with Crippen molar-refractivity contribution in [1.82, 2.24) is 4.90 Å². The van der Waals surface area contributed by atoms with E-state index in [2.05, 4.69) is 37.1 Å². The van der Waals surface area contributed by atoms with Crippen LogP contribution in [0, 0.1) is 5.92 Å². The first kappa shape index (κ1) is 18.3. The van der Waals surface area contributed by atoms with Crippen LogP contribution in [0.15, 0.2) is 24.3 Å². The molecular formula is C20H33NO2. The minimum absolute atomic E-state index is 0.187. The van der Waals surface area contributed by atoms with E-state index in [4.69, 9.17) is 4.74 Å². The van der Waals surface area contributed by atoms with Crippen molar-refractivity contribution in [3.8, 4) is 5.75 Å². The van der Waals surface area contributed by atoms with E-state index in [9.17, 15) is 5.11 Å². The monoisotopic (exact) mass is 319 g/mol. The molecule has 0 bridgehead atoms. The molecule has 130 valence electrons. The third-order valence-electron chi connectivity index (χ3n) is 4.86. The van der Waals surface area contributed by atoms with E-state index in [-0.39, 0.29) is 6.10 Å². The van der Waals surface area contributed by atoms with Gasteiger partial charge in [-0.15, -0.1) is 0 Å². The predicted molar refractivity (Wildman–Crippen MR) is 96.0 cm³/mol. The quantitative estimate of drug-likeness (QED) is 0.701. The second-order valence-electron chi connectivity index (χ2n) is 6.95. The fourth-order valence-electron chi connectivity index (χ4n) is 3.39. The van der Waals surface area contributed by atoms with Crippen LogP contribution in [-0.2, 0) is 6.42 Å². The van der Waals surface area contributed by atoms with Crippen LogP contribution in [0.1, 0.15) is 51.0 Å². The summed E-state index contributed by atoms with van der Waals surface area (Å²) in [4.78, 5) is 2.31. The Hall–Kier alpha value is -1.06. The number of hydrogen-bond donors (Lipinski definition) is 1. The van der Waals surface area contributed by atoms with Crippen LogP contribution >= 0.6 is 0 Å². The van der Waals surface area contributed by atoms with E-state index in [1.165, 1.54) is 31.2 Å². The number of likely N-dealkylation sites (tertiary alicyclic amines) is 1. The van der Waals surface area contributed by atoms with E-state index < -0.39 is 0 Å². The second-order valence-corrected chi connectivity index (χ2v) is 6.95. The predicted octanol–water partition coefficient (Wildman–Crippen LogP) is 3.89. The molecule has 23 heavy (non-hydrogen) atoms. The lowest BCUT2D eigenvalue weighted by Gasteiger charge is -2.34. The topological polar surface area (TPSA) is 32.7 Å². The van der Waals surface area contributed by atoms with Crippen LogP contribution in [0.3, 0.4) is 0 Å². The smallest absolute Gasteiger partial charge is 0.122 e. The third-order valence-corrected chi connectivity index (χ3v) is 4.86. The maximum absolute atomic E-state index is 10.3. The normalized spacial score (nSPS) is 22.2. The highest BCUT2D eigenvalue weighted by Crippen LogP contribution is 2.26. The van der Waals surface area contributed by atoms with Gasteiger partial charge in [0.2, 0.25) is 0 Å². The fourth-order valence-corrected chi connectivity index (χ4v) is 3.39. The van der Waals surface area contributed by atoms with E-state index >= 15 is 0 Å². The van der Waals surface area contributed by atoms with E-state index in [1.807, 2.05) is 6.07 Å². The molecular weight excluding hydrogens is 286 g/mol.